The third-order valence-corrected chi connectivity index (χ3v) is 5.99. The van der Waals surface area contributed by atoms with Gasteiger partial charge >= 0.3 is 0 Å². The summed E-state index contributed by atoms with van der Waals surface area (Å²) in [6, 6.07) is 0.0770. The normalized spacial score (nSPS) is 17.8. The van der Waals surface area contributed by atoms with Crippen LogP contribution in [0.3, 0.4) is 0 Å². The van der Waals surface area contributed by atoms with E-state index in [1.807, 2.05) is 13.8 Å². The highest BCUT2D eigenvalue weighted by molar-refractivity contribution is 7.89. The Bertz CT molecular complexity index is 366. The van der Waals surface area contributed by atoms with Crippen molar-refractivity contribution in [2.24, 2.45) is 0 Å². The van der Waals surface area contributed by atoms with Gasteiger partial charge in [0, 0.05) is 52.4 Å². The van der Waals surface area contributed by atoms with Crippen LogP contribution in [-0.4, -0.2) is 82.4 Å². The Balaban J connectivity index is 2.63. The van der Waals surface area contributed by atoms with E-state index in [4.69, 9.17) is 4.74 Å². The van der Waals surface area contributed by atoms with Crippen LogP contribution in [0.2, 0.25) is 0 Å². The lowest BCUT2D eigenvalue weighted by atomic mass is 10.2. The van der Waals surface area contributed by atoms with Gasteiger partial charge in [0.1, 0.15) is 0 Å². The van der Waals surface area contributed by atoms with Crippen LogP contribution >= 0.6 is 0 Å². The van der Waals surface area contributed by atoms with Gasteiger partial charge in [-0.15, -0.1) is 0 Å². The van der Waals surface area contributed by atoms with Crippen LogP contribution in [0, 0.1) is 0 Å². The summed E-state index contributed by atoms with van der Waals surface area (Å²) < 4.78 is 32.1. The van der Waals surface area contributed by atoms with Crippen molar-refractivity contribution < 1.29 is 13.2 Å². The van der Waals surface area contributed by atoms with Gasteiger partial charge in [-0.25, -0.2) is 8.42 Å². The number of nitrogens with zero attached hydrogens (tertiary/aromatic N) is 2. The van der Waals surface area contributed by atoms with E-state index >= 15 is 0 Å². The quantitative estimate of drug-likeness (QED) is 0.629. The first-order valence-corrected chi connectivity index (χ1v) is 9.57. The molecule has 0 saturated carbocycles. The minimum absolute atomic E-state index is 0.0770. The molecular formula is C14H31N3O3S. The van der Waals surface area contributed by atoms with Crippen molar-refractivity contribution >= 4 is 10.0 Å². The van der Waals surface area contributed by atoms with Crippen molar-refractivity contribution in [1.29, 1.82) is 0 Å². The smallest absolute Gasteiger partial charge is 0.215 e. The lowest BCUT2D eigenvalue weighted by Gasteiger charge is -2.31. The zero-order valence-electron chi connectivity index (χ0n) is 13.7. The Morgan fingerprint density at radius 1 is 1.24 bits per heavy atom. The molecule has 0 aromatic carbocycles. The molecule has 0 unspecified atom stereocenters. The van der Waals surface area contributed by atoms with Gasteiger partial charge in [-0.3, -0.25) is 4.90 Å². The van der Waals surface area contributed by atoms with Crippen molar-refractivity contribution in [2.75, 3.05) is 58.7 Å². The predicted molar refractivity (Wildman–Crippen MR) is 86.0 cm³/mol. The Kier molecular flexibility index (Phi) is 8.73. The number of rotatable bonds is 10. The molecule has 0 spiro atoms. The highest BCUT2D eigenvalue weighted by Gasteiger charge is 2.28. The van der Waals surface area contributed by atoms with Crippen molar-refractivity contribution in [3.8, 4) is 0 Å². The number of methoxy groups -OCH3 is 1. The molecular weight excluding hydrogens is 290 g/mol. The van der Waals surface area contributed by atoms with E-state index in [1.165, 1.54) is 0 Å². The van der Waals surface area contributed by atoms with E-state index in [-0.39, 0.29) is 11.8 Å². The zero-order valence-corrected chi connectivity index (χ0v) is 14.5. The minimum Gasteiger partial charge on any atom is -0.383 e. The fraction of sp³-hybridized carbons (Fsp3) is 1.00. The zero-order chi connectivity index (χ0) is 15.7. The van der Waals surface area contributed by atoms with E-state index in [1.54, 1.807) is 11.4 Å². The van der Waals surface area contributed by atoms with Crippen LogP contribution < -0.4 is 5.32 Å². The summed E-state index contributed by atoms with van der Waals surface area (Å²) in [7, 11) is -1.62. The summed E-state index contributed by atoms with van der Waals surface area (Å²) in [5.74, 6) is 0.202. The van der Waals surface area contributed by atoms with E-state index in [0.717, 1.165) is 39.0 Å². The van der Waals surface area contributed by atoms with Crippen molar-refractivity contribution in [1.82, 2.24) is 14.5 Å². The standard InChI is InChI=1S/C14H31N3O3S/c1-4-14(5-2)17(10-12-20-3)21(18,19)13-11-16-8-6-15-7-9-16/h14-15H,4-13H2,1-3H3. The third kappa shape index (κ3) is 6.20. The fourth-order valence-corrected chi connectivity index (χ4v) is 4.55. The highest BCUT2D eigenvalue weighted by atomic mass is 32.2. The molecule has 1 fully saturated rings. The molecule has 0 atom stereocenters. The first-order chi connectivity index (χ1) is 10.0. The molecule has 1 aliphatic rings. The molecule has 21 heavy (non-hydrogen) atoms. The predicted octanol–water partition coefficient (Wildman–Crippen LogP) is 0.358. The van der Waals surface area contributed by atoms with Crippen LogP contribution in [0.5, 0.6) is 0 Å². The van der Waals surface area contributed by atoms with Gasteiger partial charge in [0.25, 0.3) is 0 Å². The number of sulfonamides is 1. The molecule has 0 aromatic heterocycles. The first-order valence-electron chi connectivity index (χ1n) is 7.96. The van der Waals surface area contributed by atoms with Crippen LogP contribution in [-0.2, 0) is 14.8 Å². The summed E-state index contributed by atoms with van der Waals surface area (Å²) in [6.45, 7) is 9.35. The summed E-state index contributed by atoms with van der Waals surface area (Å²) >= 11 is 0. The van der Waals surface area contributed by atoms with Gasteiger partial charge < -0.3 is 10.1 Å². The molecule has 7 heteroatoms. The van der Waals surface area contributed by atoms with E-state index < -0.39 is 10.0 Å². The molecule has 0 aromatic rings. The monoisotopic (exact) mass is 321 g/mol. The summed E-state index contributed by atoms with van der Waals surface area (Å²) in [6.07, 6.45) is 1.68. The Hall–Kier alpha value is -0.210. The van der Waals surface area contributed by atoms with E-state index in [0.29, 0.717) is 19.7 Å². The Morgan fingerprint density at radius 3 is 2.38 bits per heavy atom. The largest absolute Gasteiger partial charge is 0.383 e. The average molecular weight is 321 g/mol. The Morgan fingerprint density at radius 2 is 1.86 bits per heavy atom. The number of hydrogen-bond donors (Lipinski definition) is 1. The maximum absolute atomic E-state index is 12.7. The van der Waals surface area contributed by atoms with Gasteiger partial charge in [0.05, 0.1) is 12.4 Å². The number of piperazine rings is 1. The SMILES string of the molecule is CCC(CC)N(CCOC)S(=O)(=O)CCN1CCNCC1. The van der Waals surface area contributed by atoms with Crippen LogP contribution in [0.15, 0.2) is 0 Å². The summed E-state index contributed by atoms with van der Waals surface area (Å²) in [4.78, 5) is 2.22. The molecule has 0 amide bonds. The number of nitrogens with one attached hydrogen (secondary N) is 1. The maximum Gasteiger partial charge on any atom is 0.215 e. The minimum atomic E-state index is -3.23. The second-order valence-corrected chi connectivity index (χ2v) is 7.52. The van der Waals surface area contributed by atoms with Crippen LogP contribution in [0.4, 0.5) is 0 Å². The number of hydrogen-bond acceptors (Lipinski definition) is 5. The topological polar surface area (TPSA) is 61.9 Å². The lowest BCUT2D eigenvalue weighted by Crippen LogP contribution is -2.48. The molecule has 126 valence electrons. The van der Waals surface area contributed by atoms with Crippen LogP contribution in [0.25, 0.3) is 0 Å². The second-order valence-electron chi connectivity index (χ2n) is 5.48. The molecule has 0 aliphatic carbocycles. The fourth-order valence-electron chi connectivity index (χ4n) is 2.72. The molecule has 6 nitrogen and oxygen atoms in total. The van der Waals surface area contributed by atoms with E-state index in [2.05, 4.69) is 10.2 Å². The number of ether oxygens (including phenoxy) is 1. The van der Waals surface area contributed by atoms with E-state index in [9.17, 15) is 8.42 Å². The lowest BCUT2D eigenvalue weighted by molar-refractivity contribution is 0.163. The molecule has 1 saturated heterocycles. The molecule has 1 rings (SSSR count). The molecule has 1 N–H and O–H groups in total. The van der Waals surface area contributed by atoms with Crippen molar-refractivity contribution in [3.05, 3.63) is 0 Å². The summed E-state index contributed by atoms with van der Waals surface area (Å²) in [5.41, 5.74) is 0. The van der Waals surface area contributed by atoms with Gasteiger partial charge in [-0.2, -0.15) is 4.31 Å². The van der Waals surface area contributed by atoms with Gasteiger partial charge in [0.2, 0.25) is 10.0 Å². The summed E-state index contributed by atoms with van der Waals surface area (Å²) in [5, 5.41) is 3.28. The maximum atomic E-state index is 12.7. The van der Waals surface area contributed by atoms with Crippen LogP contribution in [0.1, 0.15) is 26.7 Å². The van der Waals surface area contributed by atoms with Gasteiger partial charge in [-0.05, 0) is 12.8 Å². The molecule has 0 radical (unpaired) electrons. The second kappa shape index (κ2) is 9.74. The molecule has 1 heterocycles. The third-order valence-electron chi connectivity index (χ3n) is 4.10. The van der Waals surface area contributed by atoms with Gasteiger partial charge in [0.15, 0.2) is 0 Å². The van der Waals surface area contributed by atoms with Crippen molar-refractivity contribution in [2.45, 2.75) is 32.7 Å². The first kappa shape index (κ1) is 18.8. The average Bonchev–Trinajstić information content (AvgIpc) is 2.50. The van der Waals surface area contributed by atoms with Gasteiger partial charge in [-0.1, -0.05) is 13.8 Å². The highest BCUT2D eigenvalue weighted by Crippen LogP contribution is 2.14. The van der Waals surface area contributed by atoms with Crippen molar-refractivity contribution in [3.63, 3.8) is 0 Å². The molecule has 0 bridgehead atoms. The molecule has 1 aliphatic heterocycles. The Labute approximate surface area is 129 Å².